The minimum atomic E-state index is -0.702. The molecule has 106 valence electrons. The van der Waals surface area contributed by atoms with Gasteiger partial charge in [-0.1, -0.05) is 5.16 Å². The lowest BCUT2D eigenvalue weighted by molar-refractivity contribution is -0.144. The number of aromatic nitrogens is 2. The van der Waals surface area contributed by atoms with E-state index in [0.29, 0.717) is 24.7 Å². The van der Waals surface area contributed by atoms with Crippen molar-refractivity contribution < 1.29 is 18.8 Å². The third-order valence-electron chi connectivity index (χ3n) is 2.30. The molecule has 0 aliphatic rings. The van der Waals surface area contributed by atoms with Crippen molar-refractivity contribution in [1.82, 2.24) is 20.8 Å². The van der Waals surface area contributed by atoms with E-state index in [-0.39, 0.29) is 12.5 Å². The molecular weight excluding hydrogens is 252 g/mol. The Balaban J connectivity index is 2.31. The largest absolute Gasteiger partial charge is 0.467 e. The monoisotopic (exact) mass is 270 g/mol. The van der Waals surface area contributed by atoms with E-state index in [0.717, 1.165) is 0 Å². The quantitative estimate of drug-likeness (QED) is 0.493. The highest BCUT2D eigenvalue weighted by Crippen LogP contribution is 1.95. The first-order valence-electron chi connectivity index (χ1n) is 5.87. The molecule has 1 amide bonds. The van der Waals surface area contributed by atoms with Crippen LogP contribution in [0, 0.1) is 6.92 Å². The van der Waals surface area contributed by atoms with Crippen molar-refractivity contribution in [2.75, 3.05) is 20.2 Å². The first-order valence-corrected chi connectivity index (χ1v) is 5.87. The molecule has 0 aromatic carbocycles. The molecule has 0 saturated heterocycles. The molecule has 8 nitrogen and oxygen atoms in total. The van der Waals surface area contributed by atoms with Gasteiger partial charge in [0, 0.05) is 26.4 Å². The lowest BCUT2D eigenvalue weighted by atomic mass is 10.3. The number of ether oxygens (including phenoxy) is 1. The molecule has 1 rings (SSSR count). The Kier molecular flexibility index (Phi) is 5.94. The number of methoxy groups -OCH3 is 1. The molecule has 1 atom stereocenters. The van der Waals surface area contributed by atoms with Crippen molar-refractivity contribution >= 4 is 11.9 Å². The Labute approximate surface area is 110 Å². The molecule has 0 spiro atoms. The molecule has 1 unspecified atom stereocenters. The average molecular weight is 270 g/mol. The molecule has 19 heavy (non-hydrogen) atoms. The number of nitrogens with one attached hydrogen (secondary N) is 2. The zero-order valence-electron chi connectivity index (χ0n) is 11.2. The van der Waals surface area contributed by atoms with Crippen LogP contribution in [0.3, 0.4) is 0 Å². The molecule has 1 aromatic rings. The maximum absolute atomic E-state index is 11.4. The van der Waals surface area contributed by atoms with Crippen molar-refractivity contribution in [2.24, 2.45) is 0 Å². The van der Waals surface area contributed by atoms with Crippen LogP contribution in [0.1, 0.15) is 18.6 Å². The highest BCUT2D eigenvalue weighted by molar-refractivity contribution is 5.83. The van der Waals surface area contributed by atoms with Crippen LogP contribution < -0.4 is 10.6 Å². The fourth-order valence-electron chi connectivity index (χ4n) is 1.46. The number of esters is 1. The van der Waals surface area contributed by atoms with Gasteiger partial charge in [-0.3, -0.25) is 4.79 Å². The van der Waals surface area contributed by atoms with Crippen LogP contribution in [0.25, 0.3) is 0 Å². The average Bonchev–Trinajstić information content (AvgIpc) is 2.77. The molecule has 8 heteroatoms. The molecule has 0 radical (unpaired) electrons. The fraction of sp³-hybridized carbons (Fsp3) is 0.636. The van der Waals surface area contributed by atoms with Crippen molar-refractivity contribution in [3.8, 4) is 0 Å². The van der Waals surface area contributed by atoms with Crippen LogP contribution in [0.2, 0.25) is 0 Å². The second kappa shape index (κ2) is 7.47. The van der Waals surface area contributed by atoms with Gasteiger partial charge in [0.25, 0.3) is 0 Å². The van der Waals surface area contributed by atoms with Gasteiger partial charge in [-0.2, -0.15) is 4.98 Å². The summed E-state index contributed by atoms with van der Waals surface area (Å²) in [5, 5.41) is 9.19. The molecule has 1 heterocycles. The Morgan fingerprint density at radius 3 is 2.74 bits per heavy atom. The van der Waals surface area contributed by atoms with E-state index >= 15 is 0 Å². The van der Waals surface area contributed by atoms with E-state index in [4.69, 9.17) is 4.52 Å². The Hall–Kier alpha value is -1.96. The van der Waals surface area contributed by atoms with Crippen molar-refractivity contribution in [2.45, 2.75) is 26.3 Å². The second-order valence-electron chi connectivity index (χ2n) is 3.97. The van der Waals surface area contributed by atoms with E-state index in [9.17, 15) is 9.59 Å². The van der Waals surface area contributed by atoms with Gasteiger partial charge in [0.2, 0.25) is 11.8 Å². The number of hydrogen-bond donors (Lipinski definition) is 2. The maximum atomic E-state index is 11.4. The Bertz CT molecular complexity index is 432. The zero-order chi connectivity index (χ0) is 14.3. The zero-order valence-corrected chi connectivity index (χ0v) is 11.2. The maximum Gasteiger partial charge on any atom is 0.329 e. The third kappa shape index (κ3) is 5.47. The Morgan fingerprint density at radius 1 is 1.47 bits per heavy atom. The van der Waals surface area contributed by atoms with Crippen LogP contribution in [0.15, 0.2) is 4.52 Å². The van der Waals surface area contributed by atoms with Gasteiger partial charge in [0.05, 0.1) is 7.11 Å². The van der Waals surface area contributed by atoms with Gasteiger partial charge < -0.3 is 19.9 Å². The minimum absolute atomic E-state index is 0.277. The van der Waals surface area contributed by atoms with Gasteiger partial charge in [-0.25, -0.2) is 4.79 Å². The van der Waals surface area contributed by atoms with Crippen molar-refractivity contribution in [3.05, 3.63) is 11.7 Å². The summed E-state index contributed by atoms with van der Waals surface area (Å²) in [4.78, 5) is 26.4. The molecule has 0 fully saturated rings. The van der Waals surface area contributed by atoms with Crippen molar-refractivity contribution in [1.29, 1.82) is 0 Å². The third-order valence-corrected chi connectivity index (χ3v) is 2.30. The number of rotatable bonds is 7. The first kappa shape index (κ1) is 15.1. The van der Waals surface area contributed by atoms with Gasteiger partial charge in [0.1, 0.15) is 6.04 Å². The summed E-state index contributed by atoms with van der Waals surface area (Å²) in [5.74, 6) is 0.334. The van der Waals surface area contributed by atoms with E-state index < -0.39 is 12.0 Å². The number of carbonyl (C=O) groups excluding carboxylic acids is 2. The summed E-state index contributed by atoms with van der Waals surface area (Å²) in [5.41, 5.74) is 0. The van der Waals surface area contributed by atoms with E-state index in [2.05, 4.69) is 25.5 Å². The predicted molar refractivity (Wildman–Crippen MR) is 65.2 cm³/mol. The molecular formula is C11H18N4O4. The van der Waals surface area contributed by atoms with E-state index in [1.165, 1.54) is 14.0 Å². The number of aryl methyl sites for hydroxylation is 1. The lowest BCUT2D eigenvalue weighted by Gasteiger charge is -2.15. The molecule has 0 aliphatic heterocycles. The fourth-order valence-corrected chi connectivity index (χ4v) is 1.46. The Morgan fingerprint density at radius 2 is 2.21 bits per heavy atom. The normalized spacial score (nSPS) is 11.9. The summed E-state index contributed by atoms with van der Waals surface area (Å²) in [6.07, 6.45) is 0.550. The molecule has 2 N–H and O–H groups in total. The van der Waals surface area contributed by atoms with Crippen LogP contribution in [-0.2, 0) is 20.7 Å². The van der Waals surface area contributed by atoms with Crippen LogP contribution in [-0.4, -0.2) is 48.3 Å². The minimum Gasteiger partial charge on any atom is -0.467 e. The van der Waals surface area contributed by atoms with Crippen LogP contribution in [0.5, 0.6) is 0 Å². The molecule has 1 aromatic heterocycles. The number of amides is 1. The summed E-state index contributed by atoms with van der Waals surface area (Å²) in [6, 6.07) is -0.702. The number of hydrogen-bond acceptors (Lipinski definition) is 7. The molecule has 0 aliphatic carbocycles. The summed E-state index contributed by atoms with van der Waals surface area (Å²) >= 11 is 0. The predicted octanol–water partition coefficient (Wildman–Crippen LogP) is -0.812. The van der Waals surface area contributed by atoms with Crippen molar-refractivity contribution in [3.63, 3.8) is 0 Å². The van der Waals surface area contributed by atoms with Gasteiger partial charge >= 0.3 is 5.97 Å². The SMILES string of the molecule is COC(=O)C(CNCCc1nc(C)no1)NC(C)=O. The van der Waals surface area contributed by atoms with Crippen LogP contribution in [0.4, 0.5) is 0 Å². The molecule has 0 bridgehead atoms. The summed E-state index contributed by atoms with van der Waals surface area (Å²) in [7, 11) is 1.28. The highest BCUT2D eigenvalue weighted by Gasteiger charge is 2.19. The standard InChI is InChI=1S/C11H18N4O4/c1-7-13-10(19-15-7)4-5-12-6-9(11(17)18-3)14-8(2)16/h9,12H,4-6H2,1-3H3,(H,14,16). The number of carbonyl (C=O) groups is 2. The topological polar surface area (TPSA) is 106 Å². The molecule has 0 saturated carbocycles. The van der Waals surface area contributed by atoms with Crippen LogP contribution >= 0.6 is 0 Å². The van der Waals surface area contributed by atoms with E-state index in [1.54, 1.807) is 6.92 Å². The smallest absolute Gasteiger partial charge is 0.329 e. The second-order valence-corrected chi connectivity index (χ2v) is 3.97. The van der Waals surface area contributed by atoms with Gasteiger partial charge in [0.15, 0.2) is 5.82 Å². The summed E-state index contributed by atoms with van der Waals surface area (Å²) < 4.78 is 9.54. The summed E-state index contributed by atoms with van der Waals surface area (Å²) in [6.45, 7) is 3.91. The number of nitrogens with zero attached hydrogens (tertiary/aromatic N) is 2. The van der Waals surface area contributed by atoms with Gasteiger partial charge in [-0.15, -0.1) is 0 Å². The first-order chi connectivity index (χ1) is 9.02. The lowest BCUT2D eigenvalue weighted by Crippen LogP contribution is -2.47. The van der Waals surface area contributed by atoms with E-state index in [1.807, 2.05) is 0 Å². The highest BCUT2D eigenvalue weighted by atomic mass is 16.5. The van der Waals surface area contributed by atoms with Gasteiger partial charge in [-0.05, 0) is 6.92 Å².